The van der Waals surface area contributed by atoms with E-state index >= 15 is 0 Å². The van der Waals surface area contributed by atoms with Gasteiger partial charge in [0.2, 0.25) is 0 Å². The standard InChI is InChI=1S/C7H14N2O/c1-2-4-7(5-3-1)9-8-6-10-7/h8-9H,1-6H2. The van der Waals surface area contributed by atoms with Gasteiger partial charge in [-0.15, -0.1) is 0 Å². The van der Waals surface area contributed by atoms with Gasteiger partial charge in [-0.25, -0.2) is 10.9 Å². The monoisotopic (exact) mass is 142 g/mol. The molecule has 1 saturated carbocycles. The third-order valence-corrected chi connectivity index (χ3v) is 2.40. The zero-order valence-corrected chi connectivity index (χ0v) is 6.15. The summed E-state index contributed by atoms with van der Waals surface area (Å²) >= 11 is 0. The van der Waals surface area contributed by atoms with Crippen molar-refractivity contribution in [3.8, 4) is 0 Å². The van der Waals surface area contributed by atoms with Crippen molar-refractivity contribution < 1.29 is 4.74 Å². The van der Waals surface area contributed by atoms with Crippen LogP contribution in [0.5, 0.6) is 0 Å². The van der Waals surface area contributed by atoms with Crippen LogP contribution in [0.2, 0.25) is 0 Å². The maximum Gasteiger partial charge on any atom is 0.133 e. The molecule has 10 heavy (non-hydrogen) atoms. The molecule has 2 N–H and O–H groups in total. The van der Waals surface area contributed by atoms with Crippen molar-refractivity contribution in [2.24, 2.45) is 0 Å². The summed E-state index contributed by atoms with van der Waals surface area (Å²) < 4.78 is 5.56. The molecule has 0 aromatic heterocycles. The van der Waals surface area contributed by atoms with Crippen LogP contribution in [0, 0.1) is 0 Å². The minimum atomic E-state index is 0.0122. The Labute approximate surface area is 61.1 Å². The van der Waals surface area contributed by atoms with Crippen LogP contribution in [-0.4, -0.2) is 12.5 Å². The minimum absolute atomic E-state index is 0.0122. The number of ether oxygens (including phenoxy) is 1. The molecule has 0 bridgehead atoms. The van der Waals surface area contributed by atoms with Gasteiger partial charge in [0, 0.05) is 0 Å². The van der Waals surface area contributed by atoms with E-state index in [-0.39, 0.29) is 5.72 Å². The lowest BCUT2D eigenvalue weighted by Gasteiger charge is -2.31. The van der Waals surface area contributed by atoms with Gasteiger partial charge in [-0.1, -0.05) is 6.42 Å². The lowest BCUT2D eigenvalue weighted by molar-refractivity contribution is -0.0383. The van der Waals surface area contributed by atoms with Crippen molar-refractivity contribution in [1.29, 1.82) is 0 Å². The van der Waals surface area contributed by atoms with Crippen LogP contribution in [0.15, 0.2) is 0 Å². The highest BCUT2D eigenvalue weighted by Crippen LogP contribution is 2.29. The molecule has 58 valence electrons. The second-order valence-electron chi connectivity index (χ2n) is 3.15. The molecule has 2 fully saturated rings. The predicted octanol–water partition coefficient (Wildman–Crippen LogP) is 0.729. The second-order valence-corrected chi connectivity index (χ2v) is 3.15. The van der Waals surface area contributed by atoms with Crippen LogP contribution >= 0.6 is 0 Å². The van der Waals surface area contributed by atoms with E-state index in [9.17, 15) is 0 Å². The van der Waals surface area contributed by atoms with Crippen LogP contribution < -0.4 is 10.9 Å². The van der Waals surface area contributed by atoms with Crippen molar-refractivity contribution >= 4 is 0 Å². The SMILES string of the molecule is C1CCC2(CC1)NNCO2. The van der Waals surface area contributed by atoms with Gasteiger partial charge in [0.05, 0.1) is 0 Å². The third kappa shape index (κ3) is 1.05. The molecular weight excluding hydrogens is 128 g/mol. The molecule has 3 heteroatoms. The molecule has 0 atom stereocenters. The van der Waals surface area contributed by atoms with E-state index in [2.05, 4.69) is 10.9 Å². The highest BCUT2D eigenvalue weighted by atomic mass is 16.5. The molecule has 1 aliphatic carbocycles. The summed E-state index contributed by atoms with van der Waals surface area (Å²) in [6.07, 6.45) is 6.30. The van der Waals surface area contributed by atoms with Crippen molar-refractivity contribution in [2.45, 2.75) is 37.8 Å². The molecule has 1 aliphatic heterocycles. The summed E-state index contributed by atoms with van der Waals surface area (Å²) in [4.78, 5) is 0. The molecule has 0 radical (unpaired) electrons. The van der Waals surface area contributed by atoms with Gasteiger partial charge in [-0.2, -0.15) is 0 Å². The number of rotatable bonds is 0. The average Bonchev–Trinajstić information content (AvgIpc) is 2.39. The Balaban J connectivity index is 1.98. The average molecular weight is 142 g/mol. The molecule has 0 aromatic carbocycles. The quantitative estimate of drug-likeness (QED) is 0.523. The summed E-state index contributed by atoms with van der Waals surface area (Å²) in [7, 11) is 0. The van der Waals surface area contributed by atoms with E-state index in [0.29, 0.717) is 6.73 Å². The number of hydrogen-bond acceptors (Lipinski definition) is 3. The second kappa shape index (κ2) is 2.49. The van der Waals surface area contributed by atoms with Crippen LogP contribution in [0.3, 0.4) is 0 Å². The smallest absolute Gasteiger partial charge is 0.133 e. The van der Waals surface area contributed by atoms with Crippen LogP contribution in [0.25, 0.3) is 0 Å². The van der Waals surface area contributed by atoms with Crippen molar-refractivity contribution in [3.63, 3.8) is 0 Å². The van der Waals surface area contributed by atoms with Gasteiger partial charge in [0.15, 0.2) is 0 Å². The highest BCUT2D eigenvalue weighted by Gasteiger charge is 2.35. The van der Waals surface area contributed by atoms with Gasteiger partial charge in [0.1, 0.15) is 12.5 Å². The zero-order chi connectivity index (χ0) is 6.86. The molecular formula is C7H14N2O. The number of hydrogen-bond donors (Lipinski definition) is 2. The normalized spacial score (nSPS) is 31.2. The molecule has 0 aromatic rings. The maximum atomic E-state index is 5.56. The molecule has 1 saturated heterocycles. The first-order valence-electron chi connectivity index (χ1n) is 4.05. The van der Waals surface area contributed by atoms with Crippen LogP contribution in [-0.2, 0) is 4.74 Å². The minimum Gasteiger partial charge on any atom is -0.343 e. The Morgan fingerprint density at radius 3 is 2.50 bits per heavy atom. The molecule has 3 nitrogen and oxygen atoms in total. The third-order valence-electron chi connectivity index (χ3n) is 2.40. The van der Waals surface area contributed by atoms with Gasteiger partial charge < -0.3 is 4.74 Å². The predicted molar refractivity (Wildman–Crippen MR) is 38.0 cm³/mol. The van der Waals surface area contributed by atoms with Crippen molar-refractivity contribution in [3.05, 3.63) is 0 Å². The van der Waals surface area contributed by atoms with E-state index < -0.39 is 0 Å². The fraction of sp³-hybridized carbons (Fsp3) is 1.00. The van der Waals surface area contributed by atoms with Crippen molar-refractivity contribution in [1.82, 2.24) is 10.9 Å². The summed E-state index contributed by atoms with van der Waals surface area (Å²) in [5, 5.41) is 0. The Kier molecular flexibility index (Phi) is 1.64. The lowest BCUT2D eigenvalue weighted by atomic mass is 9.92. The topological polar surface area (TPSA) is 33.3 Å². The Morgan fingerprint density at radius 2 is 1.90 bits per heavy atom. The molecule has 0 amide bonds. The summed E-state index contributed by atoms with van der Waals surface area (Å²) in [6, 6.07) is 0. The fourth-order valence-electron chi connectivity index (χ4n) is 1.80. The Bertz CT molecular complexity index is 113. The molecule has 1 spiro atoms. The zero-order valence-electron chi connectivity index (χ0n) is 6.15. The van der Waals surface area contributed by atoms with Gasteiger partial charge in [0.25, 0.3) is 0 Å². The molecule has 2 rings (SSSR count). The van der Waals surface area contributed by atoms with Gasteiger partial charge >= 0.3 is 0 Å². The summed E-state index contributed by atoms with van der Waals surface area (Å²) in [5.74, 6) is 0. The number of hydrazine groups is 1. The van der Waals surface area contributed by atoms with E-state index in [1.165, 1.54) is 32.1 Å². The van der Waals surface area contributed by atoms with Crippen molar-refractivity contribution in [2.75, 3.05) is 6.73 Å². The van der Waals surface area contributed by atoms with Crippen LogP contribution in [0.4, 0.5) is 0 Å². The Morgan fingerprint density at radius 1 is 1.10 bits per heavy atom. The van der Waals surface area contributed by atoms with E-state index in [4.69, 9.17) is 4.74 Å². The summed E-state index contributed by atoms with van der Waals surface area (Å²) in [6.45, 7) is 0.667. The number of nitrogens with one attached hydrogen (secondary N) is 2. The Hall–Kier alpha value is -0.120. The highest BCUT2D eigenvalue weighted by molar-refractivity contribution is 4.82. The van der Waals surface area contributed by atoms with E-state index in [1.54, 1.807) is 0 Å². The van der Waals surface area contributed by atoms with Gasteiger partial charge in [-0.05, 0) is 25.7 Å². The van der Waals surface area contributed by atoms with Crippen LogP contribution in [0.1, 0.15) is 32.1 Å². The first-order valence-corrected chi connectivity index (χ1v) is 4.05. The largest absolute Gasteiger partial charge is 0.343 e. The molecule has 0 unspecified atom stereocenters. The molecule has 2 aliphatic rings. The first kappa shape index (κ1) is 6.58. The van der Waals surface area contributed by atoms with E-state index in [0.717, 1.165) is 0 Å². The fourth-order valence-corrected chi connectivity index (χ4v) is 1.80. The van der Waals surface area contributed by atoms with Gasteiger partial charge in [-0.3, -0.25) is 0 Å². The summed E-state index contributed by atoms with van der Waals surface area (Å²) in [5.41, 5.74) is 6.22. The molecule has 1 heterocycles. The van der Waals surface area contributed by atoms with E-state index in [1.807, 2.05) is 0 Å². The lowest BCUT2D eigenvalue weighted by Crippen LogP contribution is -2.45. The maximum absolute atomic E-state index is 5.56. The first-order chi connectivity index (χ1) is 4.91.